The van der Waals surface area contributed by atoms with Gasteiger partial charge in [0.1, 0.15) is 11.5 Å². The fourth-order valence-corrected chi connectivity index (χ4v) is 2.63. The number of hydrogen-bond acceptors (Lipinski definition) is 5. The highest BCUT2D eigenvalue weighted by atomic mass is 16.5. The highest BCUT2D eigenvalue weighted by molar-refractivity contribution is 6.06. The average molecular weight is 352 g/mol. The smallest absolute Gasteiger partial charge is 0.259 e. The molecule has 3 aromatic rings. The molecular formula is C19H20N4O3. The summed E-state index contributed by atoms with van der Waals surface area (Å²) in [5.74, 6) is 1.46. The molecule has 1 amide bonds. The lowest BCUT2D eigenvalue weighted by atomic mass is 10.1. The van der Waals surface area contributed by atoms with Gasteiger partial charge in [0.2, 0.25) is 0 Å². The van der Waals surface area contributed by atoms with Gasteiger partial charge in [-0.1, -0.05) is 0 Å². The molecule has 2 heterocycles. The minimum Gasteiger partial charge on any atom is -0.497 e. The van der Waals surface area contributed by atoms with E-state index in [9.17, 15) is 4.79 Å². The van der Waals surface area contributed by atoms with Crippen molar-refractivity contribution >= 4 is 11.6 Å². The number of pyridine rings is 1. The van der Waals surface area contributed by atoms with Crippen molar-refractivity contribution in [1.82, 2.24) is 14.8 Å². The van der Waals surface area contributed by atoms with Crippen molar-refractivity contribution in [1.29, 1.82) is 0 Å². The summed E-state index contributed by atoms with van der Waals surface area (Å²) >= 11 is 0. The van der Waals surface area contributed by atoms with Crippen LogP contribution in [-0.4, -0.2) is 34.9 Å². The first-order valence-corrected chi connectivity index (χ1v) is 8.05. The van der Waals surface area contributed by atoms with Crippen LogP contribution in [0, 0.1) is 13.8 Å². The molecule has 3 rings (SSSR count). The standard InChI is InChI=1S/C19H20N4O3/c1-12-9-13(2)23(22-12)18-8-5-14(11-20-18)21-19(24)16-7-6-15(25-3)10-17(16)26-4/h5-11H,1-4H3,(H,21,24). The number of nitrogens with zero attached hydrogens (tertiary/aromatic N) is 3. The fraction of sp³-hybridized carbons (Fsp3) is 0.211. The normalized spacial score (nSPS) is 10.5. The molecule has 2 aromatic heterocycles. The molecule has 0 saturated carbocycles. The van der Waals surface area contributed by atoms with Crippen LogP contribution in [0.3, 0.4) is 0 Å². The first kappa shape index (κ1) is 17.5. The molecule has 0 aliphatic rings. The number of aromatic nitrogens is 3. The second kappa shape index (κ2) is 7.26. The molecule has 0 aliphatic heterocycles. The van der Waals surface area contributed by atoms with Gasteiger partial charge < -0.3 is 14.8 Å². The number of amides is 1. The van der Waals surface area contributed by atoms with Crippen LogP contribution in [0.25, 0.3) is 5.82 Å². The summed E-state index contributed by atoms with van der Waals surface area (Å²) in [4.78, 5) is 16.9. The molecule has 0 atom stereocenters. The lowest BCUT2D eigenvalue weighted by Crippen LogP contribution is -2.13. The molecule has 0 unspecified atom stereocenters. The topological polar surface area (TPSA) is 78.3 Å². The van der Waals surface area contributed by atoms with E-state index in [0.29, 0.717) is 28.6 Å². The largest absolute Gasteiger partial charge is 0.497 e. The van der Waals surface area contributed by atoms with Gasteiger partial charge in [-0.15, -0.1) is 0 Å². The number of nitrogens with one attached hydrogen (secondary N) is 1. The van der Waals surface area contributed by atoms with E-state index in [0.717, 1.165) is 11.4 Å². The van der Waals surface area contributed by atoms with Gasteiger partial charge >= 0.3 is 0 Å². The van der Waals surface area contributed by atoms with Crippen molar-refractivity contribution in [3.63, 3.8) is 0 Å². The van der Waals surface area contributed by atoms with Gasteiger partial charge in [-0.25, -0.2) is 9.67 Å². The second-order valence-corrected chi connectivity index (χ2v) is 5.76. The van der Waals surface area contributed by atoms with Gasteiger partial charge in [-0.3, -0.25) is 4.79 Å². The van der Waals surface area contributed by atoms with E-state index in [1.807, 2.05) is 19.9 Å². The Bertz CT molecular complexity index is 932. The van der Waals surface area contributed by atoms with Crippen molar-refractivity contribution in [2.75, 3.05) is 19.5 Å². The Morgan fingerprint density at radius 3 is 2.46 bits per heavy atom. The fourth-order valence-electron chi connectivity index (χ4n) is 2.63. The molecule has 7 nitrogen and oxygen atoms in total. The first-order valence-electron chi connectivity index (χ1n) is 8.05. The van der Waals surface area contributed by atoms with Crippen molar-refractivity contribution < 1.29 is 14.3 Å². The highest BCUT2D eigenvalue weighted by Crippen LogP contribution is 2.25. The summed E-state index contributed by atoms with van der Waals surface area (Å²) in [5, 5.41) is 7.21. The van der Waals surface area contributed by atoms with Crippen LogP contribution < -0.4 is 14.8 Å². The number of rotatable bonds is 5. The molecule has 7 heteroatoms. The Balaban J connectivity index is 1.79. The van der Waals surface area contributed by atoms with E-state index in [1.165, 1.54) is 7.11 Å². The van der Waals surface area contributed by atoms with Crippen LogP contribution in [0.4, 0.5) is 5.69 Å². The second-order valence-electron chi connectivity index (χ2n) is 5.76. The first-order chi connectivity index (χ1) is 12.5. The maximum absolute atomic E-state index is 12.5. The molecule has 0 aliphatic carbocycles. The van der Waals surface area contributed by atoms with Gasteiger partial charge in [0.25, 0.3) is 5.91 Å². The van der Waals surface area contributed by atoms with E-state index in [4.69, 9.17) is 9.47 Å². The van der Waals surface area contributed by atoms with Crippen molar-refractivity contribution in [3.8, 4) is 17.3 Å². The number of methoxy groups -OCH3 is 2. The minimum absolute atomic E-state index is 0.287. The third kappa shape index (κ3) is 3.51. The van der Waals surface area contributed by atoms with E-state index in [1.54, 1.807) is 48.3 Å². The molecule has 0 spiro atoms. The Labute approximate surface area is 151 Å². The van der Waals surface area contributed by atoms with Gasteiger partial charge in [0, 0.05) is 11.8 Å². The molecule has 1 N–H and O–H groups in total. The number of hydrogen-bond donors (Lipinski definition) is 1. The molecule has 26 heavy (non-hydrogen) atoms. The summed E-state index contributed by atoms with van der Waals surface area (Å²) in [6.45, 7) is 3.90. The molecule has 0 fully saturated rings. The van der Waals surface area contributed by atoms with Crippen LogP contribution >= 0.6 is 0 Å². The van der Waals surface area contributed by atoms with E-state index in [-0.39, 0.29) is 5.91 Å². The lowest BCUT2D eigenvalue weighted by Gasteiger charge is -2.11. The van der Waals surface area contributed by atoms with Crippen molar-refractivity contribution in [2.45, 2.75) is 13.8 Å². The van der Waals surface area contributed by atoms with Crippen LogP contribution in [0.5, 0.6) is 11.5 Å². The predicted molar refractivity (Wildman–Crippen MR) is 98.3 cm³/mol. The number of carbonyl (C=O) groups excluding carboxylic acids is 1. The Morgan fingerprint density at radius 1 is 1.08 bits per heavy atom. The summed E-state index contributed by atoms with van der Waals surface area (Å²) < 4.78 is 12.2. The summed E-state index contributed by atoms with van der Waals surface area (Å²) in [6, 6.07) is 10.6. The molecular weight excluding hydrogens is 332 g/mol. The van der Waals surface area contributed by atoms with Gasteiger partial charge in [0.15, 0.2) is 5.82 Å². The number of benzene rings is 1. The van der Waals surface area contributed by atoms with Crippen molar-refractivity contribution in [3.05, 3.63) is 59.5 Å². The molecule has 134 valence electrons. The lowest BCUT2D eigenvalue weighted by molar-refractivity contribution is 0.102. The quantitative estimate of drug-likeness (QED) is 0.763. The highest BCUT2D eigenvalue weighted by Gasteiger charge is 2.14. The predicted octanol–water partition coefficient (Wildman–Crippen LogP) is 3.15. The summed E-state index contributed by atoms with van der Waals surface area (Å²) in [7, 11) is 3.07. The molecule has 0 radical (unpaired) electrons. The number of aryl methyl sites for hydroxylation is 2. The van der Waals surface area contributed by atoms with E-state index < -0.39 is 0 Å². The molecule has 0 saturated heterocycles. The monoisotopic (exact) mass is 352 g/mol. The number of ether oxygens (including phenoxy) is 2. The molecule has 1 aromatic carbocycles. The Kier molecular flexibility index (Phi) is 4.88. The maximum Gasteiger partial charge on any atom is 0.259 e. The molecule has 0 bridgehead atoms. The average Bonchev–Trinajstić information content (AvgIpc) is 2.99. The van der Waals surface area contributed by atoms with Gasteiger partial charge in [-0.05, 0) is 44.2 Å². The summed E-state index contributed by atoms with van der Waals surface area (Å²) in [6.07, 6.45) is 1.60. The van der Waals surface area contributed by atoms with Crippen LogP contribution in [0.1, 0.15) is 21.7 Å². The van der Waals surface area contributed by atoms with Crippen LogP contribution in [-0.2, 0) is 0 Å². The maximum atomic E-state index is 12.5. The van der Waals surface area contributed by atoms with Gasteiger partial charge in [-0.2, -0.15) is 5.10 Å². The van der Waals surface area contributed by atoms with Crippen molar-refractivity contribution in [2.24, 2.45) is 0 Å². The minimum atomic E-state index is -0.287. The third-order valence-electron chi connectivity index (χ3n) is 3.89. The zero-order chi connectivity index (χ0) is 18.7. The van der Waals surface area contributed by atoms with Gasteiger partial charge in [0.05, 0.1) is 37.4 Å². The van der Waals surface area contributed by atoms with E-state index >= 15 is 0 Å². The third-order valence-corrected chi connectivity index (χ3v) is 3.89. The van der Waals surface area contributed by atoms with Crippen LogP contribution in [0.15, 0.2) is 42.6 Å². The Hall–Kier alpha value is -3.35. The number of carbonyl (C=O) groups is 1. The van der Waals surface area contributed by atoms with Crippen LogP contribution in [0.2, 0.25) is 0 Å². The Morgan fingerprint density at radius 2 is 1.88 bits per heavy atom. The summed E-state index contributed by atoms with van der Waals surface area (Å²) in [5.41, 5.74) is 2.91. The zero-order valence-electron chi connectivity index (χ0n) is 15.1. The van der Waals surface area contributed by atoms with E-state index in [2.05, 4.69) is 15.4 Å². The zero-order valence-corrected chi connectivity index (χ0v) is 15.1. The number of anilines is 1. The SMILES string of the molecule is COc1ccc(C(=O)Nc2ccc(-n3nc(C)cc3C)nc2)c(OC)c1.